The maximum absolute atomic E-state index is 12.9. The first-order chi connectivity index (χ1) is 9.24. The number of hydrogen-bond acceptors (Lipinski definition) is 2. The Morgan fingerprint density at radius 3 is 2.84 bits per heavy atom. The lowest BCUT2D eigenvalue weighted by molar-refractivity contribution is 0.611. The molecule has 0 radical (unpaired) electrons. The van der Waals surface area contributed by atoms with Gasteiger partial charge in [-0.15, -0.1) is 0 Å². The molecular formula is C15H11ClFNO. The normalized spacial score (nSPS) is 10.8. The molecular weight excluding hydrogens is 265 g/mol. The molecule has 0 atom stereocenters. The van der Waals surface area contributed by atoms with Gasteiger partial charge < -0.3 is 9.73 Å². The minimum absolute atomic E-state index is 0.343. The van der Waals surface area contributed by atoms with Crippen molar-refractivity contribution < 1.29 is 8.81 Å². The van der Waals surface area contributed by atoms with Crippen molar-refractivity contribution in [2.75, 3.05) is 5.32 Å². The molecule has 2 aromatic carbocycles. The molecule has 3 rings (SSSR count). The maximum atomic E-state index is 12.9. The highest BCUT2D eigenvalue weighted by atomic mass is 35.5. The van der Waals surface area contributed by atoms with Crippen LogP contribution in [0.3, 0.4) is 0 Å². The van der Waals surface area contributed by atoms with Crippen LogP contribution in [0.5, 0.6) is 0 Å². The fourth-order valence-corrected chi connectivity index (χ4v) is 2.23. The van der Waals surface area contributed by atoms with Crippen LogP contribution in [0.15, 0.2) is 53.1 Å². The molecule has 3 aromatic rings. The van der Waals surface area contributed by atoms with Gasteiger partial charge in [0.05, 0.1) is 17.0 Å². The lowest BCUT2D eigenvalue weighted by Crippen LogP contribution is -1.99. The predicted octanol–water partition coefficient (Wildman–Crippen LogP) is 4.84. The highest BCUT2D eigenvalue weighted by molar-refractivity contribution is 6.33. The van der Waals surface area contributed by atoms with E-state index in [0.29, 0.717) is 17.3 Å². The Morgan fingerprint density at radius 2 is 2.00 bits per heavy atom. The second-order valence-electron chi connectivity index (χ2n) is 4.23. The van der Waals surface area contributed by atoms with Gasteiger partial charge in [-0.2, -0.15) is 0 Å². The van der Waals surface area contributed by atoms with E-state index >= 15 is 0 Å². The molecule has 0 unspecified atom stereocenters. The lowest BCUT2D eigenvalue weighted by Gasteiger charge is -2.07. The maximum Gasteiger partial charge on any atom is 0.134 e. The van der Waals surface area contributed by atoms with Gasteiger partial charge in [-0.25, -0.2) is 4.39 Å². The summed E-state index contributed by atoms with van der Waals surface area (Å²) in [5.41, 5.74) is 2.59. The van der Waals surface area contributed by atoms with Crippen molar-refractivity contribution in [3.63, 3.8) is 0 Å². The van der Waals surface area contributed by atoms with Gasteiger partial charge in [0.2, 0.25) is 0 Å². The number of rotatable bonds is 3. The van der Waals surface area contributed by atoms with Crippen LogP contribution in [0.1, 0.15) is 5.56 Å². The predicted molar refractivity (Wildman–Crippen MR) is 75.0 cm³/mol. The number of para-hydroxylation sites is 1. The van der Waals surface area contributed by atoms with Gasteiger partial charge in [0.1, 0.15) is 11.4 Å². The smallest absolute Gasteiger partial charge is 0.134 e. The van der Waals surface area contributed by atoms with Crippen LogP contribution in [-0.4, -0.2) is 0 Å². The van der Waals surface area contributed by atoms with Crippen LogP contribution in [0, 0.1) is 5.82 Å². The Kier molecular flexibility index (Phi) is 3.13. The van der Waals surface area contributed by atoms with Gasteiger partial charge in [0.25, 0.3) is 0 Å². The number of fused-ring (bicyclic) bond motifs is 1. The van der Waals surface area contributed by atoms with Crippen molar-refractivity contribution in [2.24, 2.45) is 0 Å². The largest absolute Gasteiger partial charge is 0.464 e. The average molecular weight is 276 g/mol. The molecule has 4 heteroatoms. The molecule has 0 aliphatic carbocycles. The number of anilines is 1. The van der Waals surface area contributed by atoms with Crippen molar-refractivity contribution in [1.29, 1.82) is 0 Å². The topological polar surface area (TPSA) is 25.2 Å². The number of hydrogen-bond donors (Lipinski definition) is 1. The van der Waals surface area contributed by atoms with Crippen molar-refractivity contribution in [3.8, 4) is 0 Å². The van der Waals surface area contributed by atoms with E-state index in [0.717, 1.165) is 16.5 Å². The van der Waals surface area contributed by atoms with Gasteiger partial charge in [-0.05, 0) is 24.3 Å². The zero-order chi connectivity index (χ0) is 13.2. The van der Waals surface area contributed by atoms with Crippen LogP contribution in [0.25, 0.3) is 11.0 Å². The van der Waals surface area contributed by atoms with Crippen molar-refractivity contribution in [3.05, 3.63) is 65.1 Å². The summed E-state index contributed by atoms with van der Waals surface area (Å²) in [6.07, 6.45) is 1.72. The van der Waals surface area contributed by atoms with Gasteiger partial charge in [0.15, 0.2) is 0 Å². The van der Waals surface area contributed by atoms with Crippen LogP contribution < -0.4 is 5.32 Å². The molecule has 1 aromatic heterocycles. The molecule has 0 bridgehead atoms. The minimum atomic E-state index is -0.343. The molecule has 1 N–H and O–H groups in total. The van der Waals surface area contributed by atoms with E-state index in [2.05, 4.69) is 5.32 Å². The highest BCUT2D eigenvalue weighted by Gasteiger charge is 2.06. The third-order valence-electron chi connectivity index (χ3n) is 2.96. The highest BCUT2D eigenvalue weighted by Crippen LogP contribution is 2.25. The molecule has 0 aliphatic rings. The lowest BCUT2D eigenvalue weighted by atomic mass is 10.2. The van der Waals surface area contributed by atoms with Crippen molar-refractivity contribution in [1.82, 2.24) is 0 Å². The summed E-state index contributed by atoms with van der Waals surface area (Å²) in [7, 11) is 0. The van der Waals surface area contributed by atoms with Gasteiger partial charge >= 0.3 is 0 Å². The Hall–Kier alpha value is -2.00. The molecule has 0 saturated heterocycles. The van der Waals surface area contributed by atoms with Crippen LogP contribution in [0.2, 0.25) is 5.02 Å². The van der Waals surface area contributed by atoms with E-state index in [9.17, 15) is 4.39 Å². The first-order valence-electron chi connectivity index (χ1n) is 5.88. The fraction of sp³-hybridized carbons (Fsp3) is 0.0667. The first-order valence-corrected chi connectivity index (χ1v) is 6.26. The monoisotopic (exact) mass is 275 g/mol. The van der Waals surface area contributed by atoms with Gasteiger partial charge in [0, 0.05) is 17.5 Å². The van der Waals surface area contributed by atoms with E-state index in [4.69, 9.17) is 16.0 Å². The van der Waals surface area contributed by atoms with E-state index in [1.54, 1.807) is 12.3 Å². The zero-order valence-corrected chi connectivity index (χ0v) is 10.7. The Labute approximate surface area is 114 Å². The quantitative estimate of drug-likeness (QED) is 0.740. The minimum Gasteiger partial charge on any atom is -0.464 e. The van der Waals surface area contributed by atoms with E-state index in [1.807, 2.05) is 24.3 Å². The first kappa shape index (κ1) is 12.1. The average Bonchev–Trinajstić information content (AvgIpc) is 2.81. The summed E-state index contributed by atoms with van der Waals surface area (Å²) >= 11 is 5.96. The summed E-state index contributed by atoms with van der Waals surface area (Å²) in [5.74, 6) is -0.343. The Balaban J connectivity index is 1.82. The molecule has 0 fully saturated rings. The van der Waals surface area contributed by atoms with E-state index in [1.165, 1.54) is 12.1 Å². The molecule has 1 heterocycles. The standard InChI is InChI=1S/C15H11ClFNO/c16-13-7-11(17)5-6-14(13)18-8-10-9-19-15-4-2-1-3-12(10)15/h1-7,9,18H,8H2. The molecule has 19 heavy (non-hydrogen) atoms. The van der Waals surface area contributed by atoms with Gasteiger partial charge in [-0.1, -0.05) is 29.8 Å². The SMILES string of the molecule is Fc1ccc(NCc2coc3ccccc23)c(Cl)c1. The zero-order valence-electron chi connectivity index (χ0n) is 9.99. The molecule has 2 nitrogen and oxygen atoms in total. The van der Waals surface area contributed by atoms with Crippen LogP contribution >= 0.6 is 11.6 Å². The summed E-state index contributed by atoms with van der Waals surface area (Å²) < 4.78 is 18.4. The van der Waals surface area contributed by atoms with Crippen LogP contribution in [-0.2, 0) is 6.54 Å². The number of nitrogens with one attached hydrogen (secondary N) is 1. The summed E-state index contributed by atoms with van der Waals surface area (Å²) in [6, 6.07) is 12.1. The van der Waals surface area contributed by atoms with Crippen LogP contribution in [0.4, 0.5) is 10.1 Å². The molecule has 0 saturated carbocycles. The summed E-state index contributed by atoms with van der Waals surface area (Å²) in [4.78, 5) is 0. The summed E-state index contributed by atoms with van der Waals surface area (Å²) in [6.45, 7) is 0.572. The fourth-order valence-electron chi connectivity index (χ4n) is 1.99. The molecule has 0 aliphatic heterocycles. The van der Waals surface area contributed by atoms with Crippen molar-refractivity contribution in [2.45, 2.75) is 6.54 Å². The number of furan rings is 1. The third kappa shape index (κ3) is 2.42. The number of benzene rings is 2. The van der Waals surface area contributed by atoms with Gasteiger partial charge in [-0.3, -0.25) is 0 Å². The Bertz CT molecular complexity index is 723. The Morgan fingerprint density at radius 1 is 1.16 bits per heavy atom. The second kappa shape index (κ2) is 4.94. The molecule has 0 spiro atoms. The number of halogens is 2. The molecule has 0 amide bonds. The van der Waals surface area contributed by atoms with Crippen molar-refractivity contribution >= 4 is 28.3 Å². The second-order valence-corrected chi connectivity index (χ2v) is 4.64. The van der Waals surface area contributed by atoms with E-state index < -0.39 is 0 Å². The third-order valence-corrected chi connectivity index (χ3v) is 3.27. The summed E-state index contributed by atoms with van der Waals surface area (Å²) in [5, 5.41) is 4.61. The molecule has 96 valence electrons. The van der Waals surface area contributed by atoms with E-state index in [-0.39, 0.29) is 5.82 Å².